The van der Waals surface area contributed by atoms with Crippen LogP contribution in [0.4, 0.5) is 4.79 Å². The Labute approximate surface area is 191 Å². The molecule has 0 fully saturated rings. The molecule has 2 amide bonds. The Hall–Kier alpha value is -3.69. The average Bonchev–Trinajstić information content (AvgIpc) is 3.27. The molecule has 3 heterocycles. The largest absolute Gasteiger partial charge is 0.465 e. The molecule has 1 aliphatic heterocycles. The summed E-state index contributed by atoms with van der Waals surface area (Å²) in [5.74, 6) is 1.02. The molecule has 0 radical (unpaired) electrons. The Morgan fingerprint density at radius 1 is 1.15 bits per heavy atom. The Balaban J connectivity index is 1.77. The molecule has 2 aromatic heterocycles. The third-order valence-corrected chi connectivity index (χ3v) is 5.67. The predicted molar refractivity (Wildman–Crippen MR) is 119 cm³/mol. The summed E-state index contributed by atoms with van der Waals surface area (Å²) in [5.41, 5.74) is 1.22. The number of nitrogens with one attached hydrogen (secondary N) is 1. The van der Waals surface area contributed by atoms with E-state index in [1.807, 2.05) is 55.7 Å². The molecule has 0 saturated heterocycles. The minimum Gasteiger partial charge on any atom is -0.465 e. The number of hydrogen-bond donors (Lipinski definition) is 2. The van der Waals surface area contributed by atoms with Crippen molar-refractivity contribution in [2.45, 2.75) is 53.2 Å². The van der Waals surface area contributed by atoms with Gasteiger partial charge >= 0.3 is 6.09 Å². The second-order valence-electron chi connectivity index (χ2n) is 9.26. The van der Waals surface area contributed by atoms with Crippen LogP contribution >= 0.6 is 0 Å². The van der Waals surface area contributed by atoms with E-state index in [2.05, 4.69) is 15.5 Å². The maximum atomic E-state index is 13.5. The highest BCUT2D eigenvalue weighted by atomic mass is 16.5. The topological polar surface area (TPSA) is 126 Å². The first-order chi connectivity index (χ1) is 15.6. The van der Waals surface area contributed by atoms with Crippen molar-refractivity contribution in [3.8, 4) is 11.4 Å². The molecule has 1 aliphatic rings. The monoisotopic (exact) mass is 452 g/mol. The summed E-state index contributed by atoms with van der Waals surface area (Å²) in [6.07, 6.45) is -0.395. The number of rotatable bonds is 4. The summed E-state index contributed by atoms with van der Waals surface area (Å²) in [6.45, 7) is 8.65. The molecular weight excluding hydrogens is 424 g/mol. The number of amides is 2. The second-order valence-corrected chi connectivity index (χ2v) is 9.26. The van der Waals surface area contributed by atoms with Crippen molar-refractivity contribution in [3.05, 3.63) is 53.4 Å². The highest BCUT2D eigenvalue weighted by molar-refractivity contribution is 5.94. The smallest absolute Gasteiger partial charge is 0.407 e. The van der Waals surface area contributed by atoms with Gasteiger partial charge in [-0.15, -0.1) is 0 Å². The zero-order chi connectivity index (χ0) is 23.8. The van der Waals surface area contributed by atoms with Crippen LogP contribution in [0.5, 0.6) is 0 Å². The van der Waals surface area contributed by atoms with Crippen LogP contribution in [0.1, 0.15) is 61.1 Å². The molecule has 174 valence electrons. The standard InChI is InChI=1S/C23H28N6O4/c1-14-24-21(33-27-14)18(23(2,3)4)26-20(30)17-16-13-28(22(31)32)11-8-12-29(16)19(25-17)15-9-6-5-7-10-15/h5-7,9-10,18H,8,11-13H2,1-4H3,(H,26,30)(H,31,32)/t18-/m1/s1. The minimum atomic E-state index is -1.02. The Morgan fingerprint density at radius 2 is 1.88 bits per heavy atom. The van der Waals surface area contributed by atoms with Crippen molar-refractivity contribution in [3.63, 3.8) is 0 Å². The lowest BCUT2D eigenvalue weighted by molar-refractivity contribution is 0.0873. The van der Waals surface area contributed by atoms with E-state index in [0.717, 1.165) is 5.56 Å². The van der Waals surface area contributed by atoms with Gasteiger partial charge in [-0.1, -0.05) is 56.3 Å². The number of hydrogen-bond acceptors (Lipinski definition) is 6. The third kappa shape index (κ3) is 4.59. The van der Waals surface area contributed by atoms with Crippen LogP contribution in [-0.2, 0) is 13.1 Å². The van der Waals surface area contributed by atoms with Gasteiger partial charge in [-0.25, -0.2) is 9.78 Å². The Morgan fingerprint density at radius 3 is 2.48 bits per heavy atom. The SMILES string of the molecule is Cc1noc([C@@H](NC(=O)c2nc(-c3ccccc3)n3c2CN(C(=O)O)CCC3)C(C)(C)C)n1. The van der Waals surface area contributed by atoms with Crippen LogP contribution < -0.4 is 5.32 Å². The number of aryl methyl sites for hydroxylation is 1. The summed E-state index contributed by atoms with van der Waals surface area (Å²) in [7, 11) is 0. The van der Waals surface area contributed by atoms with E-state index in [-0.39, 0.29) is 12.2 Å². The van der Waals surface area contributed by atoms with Gasteiger partial charge in [0.2, 0.25) is 5.89 Å². The number of carboxylic acid groups (broad SMARTS) is 1. The van der Waals surface area contributed by atoms with Gasteiger partial charge in [-0.3, -0.25) is 4.79 Å². The lowest BCUT2D eigenvalue weighted by atomic mass is 9.86. The van der Waals surface area contributed by atoms with Gasteiger partial charge in [0.1, 0.15) is 11.9 Å². The van der Waals surface area contributed by atoms with E-state index in [1.165, 1.54) is 4.90 Å². The number of fused-ring (bicyclic) bond motifs is 1. The molecule has 33 heavy (non-hydrogen) atoms. The molecule has 0 bridgehead atoms. The third-order valence-electron chi connectivity index (χ3n) is 5.67. The quantitative estimate of drug-likeness (QED) is 0.619. The first kappa shape index (κ1) is 22.5. The normalized spacial score (nSPS) is 15.0. The van der Waals surface area contributed by atoms with E-state index >= 15 is 0 Å². The summed E-state index contributed by atoms with van der Waals surface area (Å²) in [5, 5.41) is 16.5. The van der Waals surface area contributed by atoms with Gasteiger partial charge in [0.25, 0.3) is 5.91 Å². The maximum Gasteiger partial charge on any atom is 0.407 e. The first-order valence-corrected chi connectivity index (χ1v) is 10.9. The molecular formula is C23H28N6O4. The van der Waals surface area contributed by atoms with Crippen LogP contribution in [0.25, 0.3) is 11.4 Å². The van der Waals surface area contributed by atoms with Crippen molar-refractivity contribution < 1.29 is 19.2 Å². The second kappa shape index (κ2) is 8.68. The van der Waals surface area contributed by atoms with Gasteiger partial charge in [0.05, 0.1) is 12.2 Å². The van der Waals surface area contributed by atoms with E-state index in [0.29, 0.717) is 42.7 Å². The van der Waals surface area contributed by atoms with Crippen LogP contribution in [0.3, 0.4) is 0 Å². The molecule has 0 spiro atoms. The molecule has 2 N–H and O–H groups in total. The van der Waals surface area contributed by atoms with Gasteiger partial charge in [-0.2, -0.15) is 4.98 Å². The van der Waals surface area contributed by atoms with Crippen LogP contribution in [0.15, 0.2) is 34.9 Å². The van der Waals surface area contributed by atoms with Gasteiger partial charge in [-0.05, 0) is 18.8 Å². The molecule has 10 heteroatoms. The van der Waals surface area contributed by atoms with Crippen LogP contribution in [0, 0.1) is 12.3 Å². The van der Waals surface area contributed by atoms with Crippen molar-refractivity contribution >= 4 is 12.0 Å². The number of aromatic nitrogens is 4. The van der Waals surface area contributed by atoms with E-state index in [4.69, 9.17) is 9.51 Å². The molecule has 4 rings (SSSR count). The van der Waals surface area contributed by atoms with Gasteiger partial charge in [0, 0.05) is 18.7 Å². The van der Waals surface area contributed by atoms with E-state index in [1.54, 1.807) is 6.92 Å². The molecule has 1 aromatic carbocycles. The molecule has 0 saturated carbocycles. The lowest BCUT2D eigenvalue weighted by Crippen LogP contribution is -2.38. The number of nitrogens with zero attached hydrogens (tertiary/aromatic N) is 5. The average molecular weight is 453 g/mol. The fraction of sp³-hybridized carbons (Fsp3) is 0.435. The van der Waals surface area contributed by atoms with Crippen molar-refractivity contribution in [2.75, 3.05) is 6.54 Å². The summed E-state index contributed by atoms with van der Waals surface area (Å²) in [4.78, 5) is 35.6. The predicted octanol–water partition coefficient (Wildman–Crippen LogP) is 3.64. The van der Waals surface area contributed by atoms with Crippen molar-refractivity contribution in [2.24, 2.45) is 5.41 Å². The summed E-state index contributed by atoms with van der Waals surface area (Å²) in [6, 6.07) is 9.03. The Kier molecular flexibility index (Phi) is 5.92. The Bertz CT molecular complexity index is 1160. The zero-order valence-corrected chi connectivity index (χ0v) is 19.2. The minimum absolute atomic E-state index is 0.0811. The molecule has 3 aromatic rings. The fourth-order valence-corrected chi connectivity index (χ4v) is 4.00. The number of carbonyl (C=O) groups excluding carboxylic acids is 1. The number of carbonyl (C=O) groups is 2. The maximum absolute atomic E-state index is 13.5. The van der Waals surface area contributed by atoms with Gasteiger partial charge < -0.3 is 24.4 Å². The molecule has 1 atom stereocenters. The zero-order valence-electron chi connectivity index (χ0n) is 19.2. The fourth-order valence-electron chi connectivity index (χ4n) is 4.00. The molecule has 0 unspecified atom stereocenters. The molecule has 10 nitrogen and oxygen atoms in total. The first-order valence-electron chi connectivity index (χ1n) is 10.9. The van der Waals surface area contributed by atoms with E-state index in [9.17, 15) is 14.7 Å². The summed E-state index contributed by atoms with van der Waals surface area (Å²) < 4.78 is 7.31. The van der Waals surface area contributed by atoms with Crippen molar-refractivity contribution in [1.82, 2.24) is 29.9 Å². The van der Waals surface area contributed by atoms with Crippen LogP contribution in [-0.4, -0.2) is 48.2 Å². The number of benzene rings is 1. The lowest BCUT2D eigenvalue weighted by Gasteiger charge is -2.28. The van der Waals surface area contributed by atoms with Crippen LogP contribution in [0.2, 0.25) is 0 Å². The molecule has 0 aliphatic carbocycles. The van der Waals surface area contributed by atoms with Crippen molar-refractivity contribution in [1.29, 1.82) is 0 Å². The van der Waals surface area contributed by atoms with Gasteiger partial charge in [0.15, 0.2) is 11.5 Å². The highest BCUT2D eigenvalue weighted by Crippen LogP contribution is 2.33. The summed E-state index contributed by atoms with van der Waals surface area (Å²) >= 11 is 0. The highest BCUT2D eigenvalue weighted by Gasteiger charge is 2.35. The van der Waals surface area contributed by atoms with E-state index < -0.39 is 23.5 Å². The number of imidazole rings is 1.